The fourth-order valence-corrected chi connectivity index (χ4v) is 3.28. The molecule has 4 nitrogen and oxygen atoms in total. The zero-order valence-corrected chi connectivity index (χ0v) is 12.9. The van der Waals surface area contributed by atoms with E-state index in [2.05, 4.69) is 37.4 Å². The summed E-state index contributed by atoms with van der Waals surface area (Å²) < 4.78 is 5.67. The van der Waals surface area contributed by atoms with E-state index in [9.17, 15) is 4.79 Å². The average molecular weight is 288 g/mol. The fraction of sp³-hybridized carbons (Fsp3) is 0.588. The number of benzene rings is 1. The van der Waals surface area contributed by atoms with Crippen molar-refractivity contribution in [3.63, 3.8) is 0 Å². The van der Waals surface area contributed by atoms with Crippen LogP contribution in [-0.4, -0.2) is 36.6 Å². The van der Waals surface area contributed by atoms with Crippen LogP contribution in [0.3, 0.4) is 0 Å². The Labute approximate surface area is 126 Å². The first-order valence-electron chi connectivity index (χ1n) is 7.87. The normalized spacial score (nSPS) is 25.8. The number of nitrogens with one attached hydrogen (secondary N) is 1. The number of hydrogen-bond donors (Lipinski definition) is 1. The van der Waals surface area contributed by atoms with Crippen molar-refractivity contribution in [2.24, 2.45) is 0 Å². The van der Waals surface area contributed by atoms with Crippen LogP contribution >= 0.6 is 0 Å². The number of hydrogen-bond acceptors (Lipinski definition) is 3. The van der Waals surface area contributed by atoms with Crippen LogP contribution < -0.4 is 5.32 Å². The van der Waals surface area contributed by atoms with E-state index in [0.29, 0.717) is 12.6 Å². The standard InChI is InChI=1S/C17H24N2O2/c1-12-5-6-13(2)15(10-12)17-18-11-16(20)19(17)8-7-14-4-3-9-21-14/h5-6,10,14,17-18H,3-4,7-9,11H2,1-2H3. The zero-order chi connectivity index (χ0) is 14.8. The first-order chi connectivity index (χ1) is 10.1. The van der Waals surface area contributed by atoms with Gasteiger partial charge in [-0.25, -0.2) is 0 Å². The molecule has 0 bridgehead atoms. The predicted octanol–water partition coefficient (Wildman–Crippen LogP) is 2.30. The third kappa shape index (κ3) is 3.11. The summed E-state index contributed by atoms with van der Waals surface area (Å²) >= 11 is 0. The van der Waals surface area contributed by atoms with Crippen LogP contribution in [0, 0.1) is 13.8 Å². The van der Waals surface area contributed by atoms with Crippen molar-refractivity contribution in [3.05, 3.63) is 34.9 Å². The third-order valence-corrected chi connectivity index (χ3v) is 4.52. The molecular formula is C17H24N2O2. The van der Waals surface area contributed by atoms with Gasteiger partial charge in [-0.15, -0.1) is 0 Å². The van der Waals surface area contributed by atoms with Crippen LogP contribution in [0.4, 0.5) is 0 Å². The van der Waals surface area contributed by atoms with Gasteiger partial charge in [0.05, 0.1) is 12.6 Å². The molecule has 1 amide bonds. The minimum atomic E-state index is 0.0128. The molecular weight excluding hydrogens is 264 g/mol. The number of ether oxygens (including phenoxy) is 1. The molecule has 2 saturated heterocycles. The molecule has 0 radical (unpaired) electrons. The van der Waals surface area contributed by atoms with Gasteiger partial charge in [-0.05, 0) is 44.2 Å². The molecule has 1 N–H and O–H groups in total. The van der Waals surface area contributed by atoms with Crippen LogP contribution in [0.5, 0.6) is 0 Å². The molecule has 1 aromatic carbocycles. The highest BCUT2D eigenvalue weighted by Crippen LogP contribution is 2.27. The molecule has 0 aliphatic carbocycles. The Kier molecular flexibility index (Phi) is 4.27. The van der Waals surface area contributed by atoms with E-state index in [1.54, 1.807) is 0 Å². The molecule has 4 heteroatoms. The summed E-state index contributed by atoms with van der Waals surface area (Å²) in [7, 11) is 0. The van der Waals surface area contributed by atoms with E-state index in [1.165, 1.54) is 16.7 Å². The highest BCUT2D eigenvalue weighted by atomic mass is 16.5. The van der Waals surface area contributed by atoms with Gasteiger partial charge in [0.1, 0.15) is 6.17 Å². The highest BCUT2D eigenvalue weighted by Gasteiger charge is 2.32. The van der Waals surface area contributed by atoms with Gasteiger partial charge in [-0.2, -0.15) is 0 Å². The largest absolute Gasteiger partial charge is 0.378 e. The number of aryl methyl sites for hydroxylation is 2. The van der Waals surface area contributed by atoms with Crippen LogP contribution in [-0.2, 0) is 9.53 Å². The first-order valence-corrected chi connectivity index (χ1v) is 7.87. The molecule has 21 heavy (non-hydrogen) atoms. The lowest BCUT2D eigenvalue weighted by molar-refractivity contribution is -0.128. The second-order valence-corrected chi connectivity index (χ2v) is 6.15. The molecule has 0 spiro atoms. The molecule has 2 aliphatic rings. The lowest BCUT2D eigenvalue weighted by Gasteiger charge is -2.27. The van der Waals surface area contributed by atoms with Crippen molar-refractivity contribution in [2.45, 2.75) is 45.4 Å². The molecule has 2 aliphatic heterocycles. The van der Waals surface area contributed by atoms with Crippen LogP contribution in [0.25, 0.3) is 0 Å². The summed E-state index contributed by atoms with van der Waals surface area (Å²) in [6, 6.07) is 6.43. The van der Waals surface area contributed by atoms with Gasteiger partial charge >= 0.3 is 0 Å². The van der Waals surface area contributed by atoms with E-state index in [0.717, 1.165) is 32.4 Å². The lowest BCUT2D eigenvalue weighted by atomic mass is 10.0. The molecule has 2 unspecified atom stereocenters. The molecule has 0 aromatic heterocycles. The van der Waals surface area contributed by atoms with Gasteiger partial charge in [0.2, 0.25) is 5.91 Å². The fourth-order valence-electron chi connectivity index (χ4n) is 3.28. The topological polar surface area (TPSA) is 41.6 Å². The summed E-state index contributed by atoms with van der Waals surface area (Å²) in [5.41, 5.74) is 3.68. The molecule has 2 heterocycles. The summed E-state index contributed by atoms with van der Waals surface area (Å²) in [6.45, 7) is 6.28. The number of carbonyl (C=O) groups is 1. The minimum absolute atomic E-state index is 0.0128. The summed E-state index contributed by atoms with van der Waals surface area (Å²) in [6.07, 6.45) is 3.56. The van der Waals surface area contributed by atoms with E-state index in [-0.39, 0.29) is 12.1 Å². The van der Waals surface area contributed by atoms with Crippen molar-refractivity contribution in [1.82, 2.24) is 10.2 Å². The van der Waals surface area contributed by atoms with Gasteiger partial charge in [0, 0.05) is 13.2 Å². The Hall–Kier alpha value is -1.39. The number of carbonyl (C=O) groups excluding carboxylic acids is 1. The SMILES string of the molecule is Cc1ccc(C)c(C2NCC(=O)N2CCC2CCCO2)c1. The van der Waals surface area contributed by atoms with E-state index < -0.39 is 0 Å². The maximum atomic E-state index is 12.2. The Morgan fingerprint density at radius 1 is 1.38 bits per heavy atom. The second-order valence-electron chi connectivity index (χ2n) is 6.15. The van der Waals surface area contributed by atoms with Gasteiger partial charge in [0.25, 0.3) is 0 Å². The lowest BCUT2D eigenvalue weighted by Crippen LogP contribution is -2.33. The number of amides is 1. The van der Waals surface area contributed by atoms with Gasteiger partial charge < -0.3 is 9.64 Å². The summed E-state index contributed by atoms with van der Waals surface area (Å²) in [5, 5.41) is 3.35. The zero-order valence-electron chi connectivity index (χ0n) is 12.9. The van der Waals surface area contributed by atoms with E-state index in [4.69, 9.17) is 4.74 Å². The van der Waals surface area contributed by atoms with Crippen molar-refractivity contribution >= 4 is 5.91 Å². The third-order valence-electron chi connectivity index (χ3n) is 4.52. The molecule has 114 valence electrons. The number of nitrogens with zero attached hydrogens (tertiary/aromatic N) is 1. The predicted molar refractivity (Wildman–Crippen MR) is 82.0 cm³/mol. The molecule has 3 rings (SSSR count). The van der Waals surface area contributed by atoms with Crippen LogP contribution in [0.2, 0.25) is 0 Å². The van der Waals surface area contributed by atoms with Crippen LogP contribution in [0.15, 0.2) is 18.2 Å². The summed E-state index contributed by atoms with van der Waals surface area (Å²) in [4.78, 5) is 14.2. The molecule has 1 aromatic rings. The van der Waals surface area contributed by atoms with Crippen LogP contribution in [0.1, 0.15) is 42.1 Å². The smallest absolute Gasteiger partial charge is 0.238 e. The first kappa shape index (κ1) is 14.5. The van der Waals surface area contributed by atoms with Crippen molar-refractivity contribution in [3.8, 4) is 0 Å². The Bertz CT molecular complexity index is 524. The quantitative estimate of drug-likeness (QED) is 0.924. The maximum Gasteiger partial charge on any atom is 0.238 e. The van der Waals surface area contributed by atoms with Gasteiger partial charge in [-0.1, -0.05) is 23.8 Å². The Morgan fingerprint density at radius 3 is 3.00 bits per heavy atom. The Balaban J connectivity index is 1.73. The average Bonchev–Trinajstić information content (AvgIpc) is 3.09. The molecule has 2 atom stereocenters. The van der Waals surface area contributed by atoms with Crippen molar-refractivity contribution < 1.29 is 9.53 Å². The minimum Gasteiger partial charge on any atom is -0.378 e. The Morgan fingerprint density at radius 2 is 2.24 bits per heavy atom. The monoisotopic (exact) mass is 288 g/mol. The highest BCUT2D eigenvalue weighted by molar-refractivity contribution is 5.81. The van der Waals surface area contributed by atoms with Gasteiger partial charge in [-0.3, -0.25) is 10.1 Å². The van der Waals surface area contributed by atoms with E-state index in [1.807, 2.05) is 4.90 Å². The van der Waals surface area contributed by atoms with E-state index >= 15 is 0 Å². The van der Waals surface area contributed by atoms with Crippen molar-refractivity contribution in [1.29, 1.82) is 0 Å². The molecule has 0 saturated carbocycles. The molecule has 2 fully saturated rings. The summed E-state index contributed by atoms with van der Waals surface area (Å²) in [5.74, 6) is 0.193. The second kappa shape index (κ2) is 6.16. The van der Waals surface area contributed by atoms with Gasteiger partial charge in [0.15, 0.2) is 0 Å². The number of rotatable bonds is 4. The maximum absolute atomic E-state index is 12.2. The van der Waals surface area contributed by atoms with Crippen molar-refractivity contribution in [2.75, 3.05) is 19.7 Å².